The molecule has 4 nitrogen and oxygen atoms in total. The summed E-state index contributed by atoms with van der Waals surface area (Å²) in [5.74, 6) is 0.268. The molecule has 0 aliphatic rings. The van der Waals surface area contributed by atoms with E-state index >= 15 is 0 Å². The van der Waals surface area contributed by atoms with Crippen LogP contribution in [0.15, 0.2) is 12.3 Å². The number of hydrogen-bond acceptors (Lipinski definition) is 4. The van der Waals surface area contributed by atoms with Crippen LogP contribution >= 0.6 is 11.6 Å². The molecule has 0 amide bonds. The van der Waals surface area contributed by atoms with E-state index in [1.54, 1.807) is 19.9 Å². The number of nitrogens with two attached hydrogens (primary N) is 1. The number of halogens is 1. The lowest BCUT2D eigenvalue weighted by Crippen LogP contribution is -2.33. The van der Waals surface area contributed by atoms with E-state index in [-0.39, 0.29) is 5.82 Å². The van der Waals surface area contributed by atoms with Gasteiger partial charge in [0.15, 0.2) is 0 Å². The standard InChI is InChI=1S/C11H17ClN2O2/c1-4-16-11(2,3)9(15)8-5-7(12)6-14-10(8)13/h5-6,9,15H,4H2,1-3H3,(H2,13,14). The van der Waals surface area contributed by atoms with Crippen molar-refractivity contribution in [3.05, 3.63) is 22.8 Å². The van der Waals surface area contributed by atoms with Crippen molar-refractivity contribution in [1.29, 1.82) is 0 Å². The lowest BCUT2D eigenvalue weighted by Gasteiger charge is -2.31. The summed E-state index contributed by atoms with van der Waals surface area (Å²) < 4.78 is 5.46. The number of ether oxygens (including phenoxy) is 1. The Hall–Kier alpha value is -0.840. The summed E-state index contributed by atoms with van der Waals surface area (Å²) in [6, 6.07) is 1.61. The molecule has 0 radical (unpaired) electrons. The number of rotatable bonds is 4. The molecule has 0 saturated carbocycles. The molecule has 16 heavy (non-hydrogen) atoms. The highest BCUT2D eigenvalue weighted by molar-refractivity contribution is 6.30. The lowest BCUT2D eigenvalue weighted by molar-refractivity contribution is -0.0981. The van der Waals surface area contributed by atoms with Crippen LogP contribution in [0, 0.1) is 0 Å². The Kier molecular flexibility index (Phi) is 4.13. The summed E-state index contributed by atoms with van der Waals surface area (Å²) in [6.07, 6.45) is 0.583. The molecule has 1 rings (SSSR count). The van der Waals surface area contributed by atoms with Gasteiger partial charge in [0, 0.05) is 18.4 Å². The third-order valence-corrected chi connectivity index (χ3v) is 2.59. The average Bonchev–Trinajstić information content (AvgIpc) is 2.20. The van der Waals surface area contributed by atoms with Crippen LogP contribution in [0.25, 0.3) is 0 Å². The molecule has 3 N–H and O–H groups in total. The first-order valence-corrected chi connectivity index (χ1v) is 5.49. The molecule has 1 unspecified atom stereocenters. The molecule has 90 valence electrons. The third-order valence-electron chi connectivity index (χ3n) is 2.39. The quantitative estimate of drug-likeness (QED) is 0.852. The second kappa shape index (κ2) is 4.99. The topological polar surface area (TPSA) is 68.4 Å². The largest absolute Gasteiger partial charge is 0.385 e. The van der Waals surface area contributed by atoms with Crippen molar-refractivity contribution in [2.45, 2.75) is 32.5 Å². The van der Waals surface area contributed by atoms with E-state index in [9.17, 15) is 5.11 Å². The molecule has 1 atom stereocenters. The first kappa shape index (κ1) is 13.2. The Morgan fingerprint density at radius 2 is 2.25 bits per heavy atom. The highest BCUT2D eigenvalue weighted by atomic mass is 35.5. The maximum atomic E-state index is 10.2. The Labute approximate surface area is 100 Å². The second-order valence-corrected chi connectivity index (χ2v) is 4.50. The highest BCUT2D eigenvalue weighted by Crippen LogP contribution is 2.32. The first-order valence-electron chi connectivity index (χ1n) is 5.11. The van der Waals surface area contributed by atoms with E-state index in [0.717, 1.165) is 0 Å². The minimum absolute atomic E-state index is 0.268. The lowest BCUT2D eigenvalue weighted by atomic mass is 9.95. The van der Waals surface area contributed by atoms with Crippen LogP contribution in [-0.4, -0.2) is 22.3 Å². The van der Waals surface area contributed by atoms with Crippen molar-refractivity contribution < 1.29 is 9.84 Å². The van der Waals surface area contributed by atoms with Gasteiger partial charge in [0.2, 0.25) is 0 Å². The Balaban J connectivity index is 3.03. The zero-order chi connectivity index (χ0) is 12.3. The molecule has 0 aliphatic carbocycles. The molecule has 1 aromatic rings. The van der Waals surface area contributed by atoms with Gasteiger partial charge in [-0.1, -0.05) is 11.6 Å². The fourth-order valence-electron chi connectivity index (χ4n) is 1.51. The van der Waals surface area contributed by atoms with E-state index in [2.05, 4.69) is 4.98 Å². The monoisotopic (exact) mass is 244 g/mol. The summed E-state index contributed by atoms with van der Waals surface area (Å²) in [7, 11) is 0. The van der Waals surface area contributed by atoms with E-state index in [4.69, 9.17) is 22.1 Å². The van der Waals surface area contributed by atoms with E-state index < -0.39 is 11.7 Å². The van der Waals surface area contributed by atoms with Crippen LogP contribution in [0.3, 0.4) is 0 Å². The smallest absolute Gasteiger partial charge is 0.129 e. The molecule has 0 aromatic carbocycles. The van der Waals surface area contributed by atoms with Crippen molar-refractivity contribution in [3.8, 4) is 0 Å². The van der Waals surface area contributed by atoms with Crippen LogP contribution in [0.5, 0.6) is 0 Å². The number of aliphatic hydroxyl groups is 1. The van der Waals surface area contributed by atoms with Gasteiger partial charge in [-0.25, -0.2) is 4.98 Å². The summed E-state index contributed by atoms with van der Waals surface area (Å²) in [4.78, 5) is 3.90. The summed E-state index contributed by atoms with van der Waals surface area (Å²) >= 11 is 5.82. The Morgan fingerprint density at radius 1 is 1.62 bits per heavy atom. The molecular weight excluding hydrogens is 228 g/mol. The molecule has 5 heteroatoms. The fraction of sp³-hybridized carbons (Fsp3) is 0.545. The normalized spacial score (nSPS) is 13.8. The molecule has 0 bridgehead atoms. The van der Waals surface area contributed by atoms with Crippen LogP contribution in [0.1, 0.15) is 32.4 Å². The Bertz CT molecular complexity index is 369. The van der Waals surface area contributed by atoms with Crippen LogP contribution in [0.2, 0.25) is 5.02 Å². The minimum atomic E-state index is -0.862. The van der Waals surface area contributed by atoms with Crippen molar-refractivity contribution in [2.24, 2.45) is 0 Å². The number of nitrogen functional groups attached to an aromatic ring is 1. The molecule has 0 aliphatic heterocycles. The van der Waals surface area contributed by atoms with Gasteiger partial charge in [-0.15, -0.1) is 0 Å². The SMILES string of the molecule is CCOC(C)(C)C(O)c1cc(Cl)cnc1N. The number of aromatic nitrogens is 1. The highest BCUT2D eigenvalue weighted by Gasteiger charge is 2.31. The second-order valence-electron chi connectivity index (χ2n) is 4.07. The van der Waals surface area contributed by atoms with E-state index in [1.807, 2.05) is 6.92 Å². The zero-order valence-corrected chi connectivity index (χ0v) is 10.5. The molecule has 1 heterocycles. The van der Waals surface area contributed by atoms with Crippen molar-refractivity contribution in [1.82, 2.24) is 4.98 Å². The van der Waals surface area contributed by atoms with Gasteiger partial charge in [-0.3, -0.25) is 0 Å². The van der Waals surface area contributed by atoms with Gasteiger partial charge >= 0.3 is 0 Å². The van der Waals surface area contributed by atoms with Crippen molar-refractivity contribution in [2.75, 3.05) is 12.3 Å². The summed E-state index contributed by atoms with van der Waals surface area (Å²) in [5, 5.41) is 10.6. The minimum Gasteiger partial charge on any atom is -0.385 e. The molecule has 1 aromatic heterocycles. The fourth-order valence-corrected chi connectivity index (χ4v) is 1.68. The molecular formula is C11H17ClN2O2. The third kappa shape index (κ3) is 2.84. The van der Waals surface area contributed by atoms with Gasteiger partial charge in [-0.05, 0) is 26.8 Å². The first-order chi connectivity index (χ1) is 7.38. The molecule has 0 spiro atoms. The van der Waals surface area contributed by atoms with Crippen molar-refractivity contribution in [3.63, 3.8) is 0 Å². The number of nitrogens with zero attached hydrogens (tertiary/aromatic N) is 1. The van der Waals surface area contributed by atoms with Crippen LogP contribution in [0.4, 0.5) is 5.82 Å². The van der Waals surface area contributed by atoms with Gasteiger partial charge in [0.05, 0.1) is 10.6 Å². The zero-order valence-electron chi connectivity index (χ0n) is 9.70. The maximum absolute atomic E-state index is 10.2. The molecule has 0 fully saturated rings. The van der Waals surface area contributed by atoms with Crippen molar-refractivity contribution >= 4 is 17.4 Å². The summed E-state index contributed by atoms with van der Waals surface area (Å²) in [5.41, 5.74) is 5.46. The average molecular weight is 245 g/mol. The number of pyridine rings is 1. The van der Waals surface area contributed by atoms with E-state index in [1.165, 1.54) is 6.20 Å². The van der Waals surface area contributed by atoms with Gasteiger partial charge in [0.1, 0.15) is 11.9 Å². The van der Waals surface area contributed by atoms with Gasteiger partial charge in [0.25, 0.3) is 0 Å². The number of anilines is 1. The number of hydrogen-bond donors (Lipinski definition) is 2. The maximum Gasteiger partial charge on any atom is 0.129 e. The predicted molar refractivity (Wildman–Crippen MR) is 64.3 cm³/mol. The van der Waals surface area contributed by atoms with E-state index in [0.29, 0.717) is 17.2 Å². The molecule has 0 saturated heterocycles. The summed E-state index contributed by atoms with van der Waals surface area (Å²) in [6.45, 7) is 5.97. The number of aliphatic hydroxyl groups excluding tert-OH is 1. The van der Waals surface area contributed by atoms with Gasteiger partial charge < -0.3 is 15.6 Å². The predicted octanol–water partition coefficient (Wildman–Crippen LogP) is 2.17. The van der Waals surface area contributed by atoms with Crippen LogP contribution < -0.4 is 5.73 Å². The Morgan fingerprint density at radius 3 is 2.81 bits per heavy atom. The van der Waals surface area contributed by atoms with Gasteiger partial charge in [-0.2, -0.15) is 0 Å². The van der Waals surface area contributed by atoms with Crippen LogP contribution in [-0.2, 0) is 4.74 Å².